The highest BCUT2D eigenvalue weighted by Gasteiger charge is 2.39. The zero-order valence-corrected chi connectivity index (χ0v) is 11.5. The lowest BCUT2D eigenvalue weighted by Crippen LogP contribution is -2.57. The van der Waals surface area contributed by atoms with E-state index in [1.165, 1.54) is 11.2 Å². The molecule has 1 aromatic heterocycles. The molecule has 1 aromatic carbocycles. The summed E-state index contributed by atoms with van der Waals surface area (Å²) in [5.41, 5.74) is 1.39. The molecule has 2 heterocycles. The van der Waals surface area contributed by atoms with Crippen molar-refractivity contribution < 1.29 is 14.1 Å². The van der Waals surface area contributed by atoms with Gasteiger partial charge >= 0.3 is 0 Å². The monoisotopic (exact) mass is 285 g/mol. The molecule has 2 unspecified atom stereocenters. The number of rotatable bonds is 3. The van der Waals surface area contributed by atoms with Crippen molar-refractivity contribution in [3.63, 3.8) is 0 Å². The molecule has 0 saturated carbocycles. The Labute approximate surface area is 121 Å². The van der Waals surface area contributed by atoms with Gasteiger partial charge in [-0.25, -0.2) is 0 Å². The van der Waals surface area contributed by atoms with Gasteiger partial charge in [0.05, 0.1) is 6.54 Å². The molecule has 6 heteroatoms. The van der Waals surface area contributed by atoms with Crippen LogP contribution in [0.3, 0.4) is 0 Å². The number of nitrogens with one attached hydrogen (secondary N) is 1. The van der Waals surface area contributed by atoms with E-state index in [1.54, 1.807) is 13.0 Å². The van der Waals surface area contributed by atoms with Crippen LogP contribution in [0, 0.1) is 0 Å². The molecule has 0 spiro atoms. The molecule has 1 saturated heterocycles. The molecule has 0 aliphatic carbocycles. The molecular weight excluding hydrogens is 270 g/mol. The van der Waals surface area contributed by atoms with Gasteiger partial charge in [-0.05, 0) is 12.5 Å². The predicted octanol–water partition coefficient (Wildman–Crippen LogP) is 1.26. The number of carbonyl (C=O) groups is 2. The first kappa shape index (κ1) is 13.4. The molecule has 1 aliphatic rings. The van der Waals surface area contributed by atoms with E-state index in [0.29, 0.717) is 5.69 Å². The Morgan fingerprint density at radius 1 is 1.24 bits per heavy atom. The van der Waals surface area contributed by atoms with Crippen molar-refractivity contribution in [2.24, 2.45) is 0 Å². The molecule has 0 bridgehead atoms. The molecule has 2 aromatic rings. The van der Waals surface area contributed by atoms with Crippen molar-refractivity contribution >= 4 is 11.8 Å². The van der Waals surface area contributed by atoms with Gasteiger partial charge in [0.25, 0.3) is 0 Å². The number of nitrogens with zero attached hydrogens (tertiary/aromatic N) is 2. The molecule has 1 N–H and O–H groups in total. The fraction of sp³-hybridized carbons (Fsp3) is 0.267. The van der Waals surface area contributed by atoms with Gasteiger partial charge in [-0.3, -0.25) is 9.59 Å². The summed E-state index contributed by atoms with van der Waals surface area (Å²) < 4.78 is 4.80. The van der Waals surface area contributed by atoms with E-state index in [9.17, 15) is 9.59 Å². The minimum Gasteiger partial charge on any atom is -0.364 e. The van der Waals surface area contributed by atoms with Gasteiger partial charge in [-0.15, -0.1) is 0 Å². The van der Waals surface area contributed by atoms with Crippen LogP contribution in [0.25, 0.3) is 0 Å². The number of aromatic nitrogens is 1. The third-order valence-corrected chi connectivity index (χ3v) is 3.51. The van der Waals surface area contributed by atoms with E-state index in [0.717, 1.165) is 5.56 Å². The SMILES string of the molecule is CC1NC(=O)C(c2ccccc2)N(Cc2ccon2)C1=O. The molecule has 0 radical (unpaired) electrons. The number of hydrogen-bond acceptors (Lipinski definition) is 4. The van der Waals surface area contributed by atoms with Crippen molar-refractivity contribution in [1.29, 1.82) is 0 Å². The summed E-state index contributed by atoms with van der Waals surface area (Å²) in [5, 5.41) is 6.54. The number of benzene rings is 1. The first-order chi connectivity index (χ1) is 10.2. The topological polar surface area (TPSA) is 75.4 Å². The summed E-state index contributed by atoms with van der Waals surface area (Å²) in [5.74, 6) is -0.316. The van der Waals surface area contributed by atoms with Crippen LogP contribution in [0.15, 0.2) is 47.2 Å². The van der Waals surface area contributed by atoms with Gasteiger partial charge in [-0.1, -0.05) is 35.5 Å². The van der Waals surface area contributed by atoms with Crippen LogP contribution >= 0.6 is 0 Å². The summed E-state index contributed by atoms with van der Waals surface area (Å²) in [4.78, 5) is 26.3. The van der Waals surface area contributed by atoms with E-state index >= 15 is 0 Å². The molecule has 3 rings (SSSR count). The van der Waals surface area contributed by atoms with Gasteiger partial charge < -0.3 is 14.7 Å². The first-order valence-electron chi connectivity index (χ1n) is 6.72. The maximum Gasteiger partial charge on any atom is 0.248 e. The zero-order valence-electron chi connectivity index (χ0n) is 11.5. The minimum atomic E-state index is -0.647. The Balaban J connectivity index is 1.96. The van der Waals surface area contributed by atoms with Crippen LogP contribution in [-0.2, 0) is 16.1 Å². The molecule has 6 nitrogen and oxygen atoms in total. The summed E-state index contributed by atoms with van der Waals surface area (Å²) in [6.07, 6.45) is 1.45. The Kier molecular flexibility index (Phi) is 3.43. The molecule has 2 atom stereocenters. The molecule has 1 aliphatic heterocycles. The van der Waals surface area contributed by atoms with Gasteiger partial charge in [0, 0.05) is 6.07 Å². The quantitative estimate of drug-likeness (QED) is 0.921. The first-order valence-corrected chi connectivity index (χ1v) is 6.72. The van der Waals surface area contributed by atoms with Crippen LogP contribution in [0.1, 0.15) is 24.2 Å². The second kappa shape index (κ2) is 5.40. The Hall–Kier alpha value is -2.63. The highest BCUT2D eigenvalue weighted by Crippen LogP contribution is 2.26. The van der Waals surface area contributed by atoms with Gasteiger partial charge in [0.2, 0.25) is 11.8 Å². The van der Waals surface area contributed by atoms with Gasteiger partial charge in [-0.2, -0.15) is 0 Å². The van der Waals surface area contributed by atoms with Crippen LogP contribution in [0.5, 0.6) is 0 Å². The largest absolute Gasteiger partial charge is 0.364 e. The van der Waals surface area contributed by atoms with Crippen molar-refractivity contribution in [2.75, 3.05) is 0 Å². The third kappa shape index (κ3) is 2.52. The lowest BCUT2D eigenvalue weighted by molar-refractivity contribution is -0.150. The Bertz CT molecular complexity index is 639. The van der Waals surface area contributed by atoms with Crippen molar-refractivity contribution in [1.82, 2.24) is 15.4 Å². The van der Waals surface area contributed by atoms with Crippen molar-refractivity contribution in [2.45, 2.75) is 25.6 Å². The van der Waals surface area contributed by atoms with E-state index in [-0.39, 0.29) is 18.4 Å². The average Bonchev–Trinajstić information content (AvgIpc) is 2.98. The highest BCUT2D eigenvalue weighted by molar-refractivity contribution is 5.97. The highest BCUT2D eigenvalue weighted by atomic mass is 16.5. The van der Waals surface area contributed by atoms with Crippen LogP contribution < -0.4 is 5.32 Å². The summed E-state index contributed by atoms with van der Waals surface area (Å²) in [6, 6.07) is 9.74. The van der Waals surface area contributed by atoms with E-state index in [4.69, 9.17) is 4.52 Å². The Morgan fingerprint density at radius 3 is 2.67 bits per heavy atom. The molecular formula is C15H15N3O3. The second-order valence-electron chi connectivity index (χ2n) is 5.00. The molecule has 21 heavy (non-hydrogen) atoms. The molecule has 1 fully saturated rings. The van der Waals surface area contributed by atoms with Crippen molar-refractivity contribution in [3.05, 3.63) is 53.9 Å². The smallest absolute Gasteiger partial charge is 0.248 e. The molecule has 2 amide bonds. The van der Waals surface area contributed by atoms with E-state index in [2.05, 4.69) is 10.5 Å². The number of amides is 2. The fourth-order valence-electron chi connectivity index (χ4n) is 2.50. The molecule has 108 valence electrons. The minimum absolute atomic E-state index is 0.133. The van der Waals surface area contributed by atoms with Crippen LogP contribution in [-0.4, -0.2) is 27.9 Å². The maximum absolute atomic E-state index is 12.4. The van der Waals surface area contributed by atoms with Crippen LogP contribution in [0.4, 0.5) is 0 Å². The lowest BCUT2D eigenvalue weighted by Gasteiger charge is -2.37. The normalized spacial score (nSPS) is 22.2. The second-order valence-corrected chi connectivity index (χ2v) is 5.00. The number of carbonyl (C=O) groups excluding carboxylic acids is 2. The summed E-state index contributed by atoms with van der Waals surface area (Å²) >= 11 is 0. The average molecular weight is 285 g/mol. The number of piperazine rings is 1. The predicted molar refractivity (Wildman–Crippen MR) is 73.8 cm³/mol. The zero-order chi connectivity index (χ0) is 14.8. The van der Waals surface area contributed by atoms with E-state index in [1.807, 2.05) is 30.3 Å². The summed E-state index contributed by atoms with van der Waals surface area (Å²) in [7, 11) is 0. The third-order valence-electron chi connectivity index (χ3n) is 3.51. The standard InChI is InChI=1S/C15H15N3O3/c1-10-15(20)18(9-12-7-8-21-17-12)13(14(19)16-10)11-5-3-2-4-6-11/h2-8,10,13H,9H2,1H3,(H,16,19). The Morgan fingerprint density at radius 2 is 2.00 bits per heavy atom. The van der Waals surface area contributed by atoms with Gasteiger partial charge in [0.1, 0.15) is 24.0 Å². The van der Waals surface area contributed by atoms with Gasteiger partial charge in [0.15, 0.2) is 0 Å². The van der Waals surface area contributed by atoms with E-state index < -0.39 is 12.1 Å². The van der Waals surface area contributed by atoms with Crippen molar-refractivity contribution in [3.8, 4) is 0 Å². The lowest BCUT2D eigenvalue weighted by atomic mass is 10.00. The maximum atomic E-state index is 12.4. The van der Waals surface area contributed by atoms with Crippen LogP contribution in [0.2, 0.25) is 0 Å². The fourth-order valence-corrected chi connectivity index (χ4v) is 2.50. The summed E-state index contributed by atoms with van der Waals surface area (Å²) in [6.45, 7) is 1.92. The number of hydrogen-bond donors (Lipinski definition) is 1.